The zero-order valence-corrected chi connectivity index (χ0v) is 11.9. The zero-order valence-electron chi connectivity index (χ0n) is 11.9. The van der Waals surface area contributed by atoms with Gasteiger partial charge >= 0.3 is 0 Å². The highest BCUT2D eigenvalue weighted by Crippen LogP contribution is 2.21. The maximum Gasteiger partial charge on any atom is 0.260 e. The Hall–Kier alpha value is -2.37. The van der Waals surface area contributed by atoms with Crippen LogP contribution in [0.15, 0.2) is 29.1 Å². The van der Waals surface area contributed by atoms with Crippen LogP contribution in [0.3, 0.4) is 0 Å². The molecule has 6 heteroatoms. The van der Waals surface area contributed by atoms with E-state index in [9.17, 15) is 9.59 Å². The molecule has 1 aromatic carbocycles. The summed E-state index contributed by atoms with van der Waals surface area (Å²) >= 11 is 0. The summed E-state index contributed by atoms with van der Waals surface area (Å²) in [5.74, 6) is 0.538. The number of nitrogens with one attached hydrogen (secondary N) is 2. The molecule has 1 saturated heterocycles. The Balaban J connectivity index is 1.93. The average Bonchev–Trinajstić information content (AvgIpc) is 2.54. The number of piperidine rings is 1. The second-order valence-corrected chi connectivity index (χ2v) is 5.31. The van der Waals surface area contributed by atoms with Crippen LogP contribution in [0.2, 0.25) is 0 Å². The summed E-state index contributed by atoms with van der Waals surface area (Å²) in [7, 11) is 1.65. The van der Waals surface area contributed by atoms with Crippen LogP contribution in [-0.4, -0.2) is 36.0 Å². The summed E-state index contributed by atoms with van der Waals surface area (Å²) in [6.07, 6.45) is 1.78. The van der Waals surface area contributed by atoms with Crippen molar-refractivity contribution >= 4 is 22.8 Å². The van der Waals surface area contributed by atoms with E-state index in [0.717, 1.165) is 19.4 Å². The molecule has 0 radical (unpaired) electrons. The lowest BCUT2D eigenvalue weighted by Gasteiger charge is -2.32. The molecule has 21 heavy (non-hydrogen) atoms. The van der Waals surface area contributed by atoms with E-state index < -0.39 is 0 Å². The predicted octanol–water partition coefficient (Wildman–Crippen LogP) is 0.885. The monoisotopic (exact) mass is 286 g/mol. The van der Waals surface area contributed by atoms with Gasteiger partial charge in [0, 0.05) is 20.1 Å². The molecule has 3 rings (SSSR count). The van der Waals surface area contributed by atoms with Gasteiger partial charge in [-0.3, -0.25) is 14.6 Å². The van der Waals surface area contributed by atoms with Crippen molar-refractivity contribution in [3.63, 3.8) is 0 Å². The average molecular weight is 286 g/mol. The van der Waals surface area contributed by atoms with Crippen molar-refractivity contribution < 1.29 is 4.79 Å². The van der Waals surface area contributed by atoms with Gasteiger partial charge in [0.2, 0.25) is 11.9 Å². The minimum atomic E-state index is -0.141. The number of para-hydroxylation sites is 1. The van der Waals surface area contributed by atoms with Crippen molar-refractivity contribution in [1.29, 1.82) is 0 Å². The molecule has 1 aliphatic heterocycles. The fourth-order valence-electron chi connectivity index (χ4n) is 2.81. The number of benzene rings is 1. The predicted molar refractivity (Wildman–Crippen MR) is 81.4 cm³/mol. The van der Waals surface area contributed by atoms with Gasteiger partial charge in [0.05, 0.1) is 16.8 Å². The highest BCUT2D eigenvalue weighted by Gasteiger charge is 2.26. The maximum absolute atomic E-state index is 12.1. The SMILES string of the molecule is CNC(=O)[C@H]1CCCN(c2nc3ccccc3c(=O)[nH]2)C1. The molecule has 1 aliphatic rings. The van der Waals surface area contributed by atoms with Gasteiger partial charge in [0.25, 0.3) is 5.56 Å². The Labute approximate surface area is 122 Å². The van der Waals surface area contributed by atoms with Gasteiger partial charge in [0.15, 0.2) is 0 Å². The largest absolute Gasteiger partial charge is 0.359 e. The fourth-order valence-corrected chi connectivity index (χ4v) is 2.81. The van der Waals surface area contributed by atoms with E-state index in [0.29, 0.717) is 23.4 Å². The third-order valence-electron chi connectivity index (χ3n) is 3.94. The van der Waals surface area contributed by atoms with Gasteiger partial charge in [-0.15, -0.1) is 0 Å². The van der Waals surface area contributed by atoms with E-state index in [-0.39, 0.29) is 17.4 Å². The van der Waals surface area contributed by atoms with Gasteiger partial charge in [-0.2, -0.15) is 0 Å². The highest BCUT2D eigenvalue weighted by molar-refractivity contribution is 5.80. The second kappa shape index (κ2) is 5.55. The number of nitrogens with zero attached hydrogens (tertiary/aromatic N) is 2. The second-order valence-electron chi connectivity index (χ2n) is 5.31. The Bertz CT molecular complexity index is 725. The molecule has 1 amide bonds. The Morgan fingerprint density at radius 3 is 3.05 bits per heavy atom. The first-order chi connectivity index (χ1) is 10.2. The summed E-state index contributed by atoms with van der Waals surface area (Å²) < 4.78 is 0. The summed E-state index contributed by atoms with van der Waals surface area (Å²) in [6, 6.07) is 7.27. The van der Waals surface area contributed by atoms with Crippen LogP contribution in [0.1, 0.15) is 12.8 Å². The van der Waals surface area contributed by atoms with Crippen molar-refractivity contribution in [3.05, 3.63) is 34.6 Å². The van der Waals surface area contributed by atoms with Crippen LogP contribution in [0.25, 0.3) is 10.9 Å². The third-order valence-corrected chi connectivity index (χ3v) is 3.94. The highest BCUT2D eigenvalue weighted by atomic mass is 16.1. The molecular weight excluding hydrogens is 268 g/mol. The minimum absolute atomic E-state index is 0.0443. The van der Waals surface area contributed by atoms with Crippen LogP contribution in [0, 0.1) is 5.92 Å². The normalized spacial score (nSPS) is 18.7. The molecule has 0 spiro atoms. The van der Waals surface area contributed by atoms with Crippen molar-refractivity contribution in [2.75, 3.05) is 25.0 Å². The van der Waals surface area contributed by atoms with Crippen LogP contribution in [-0.2, 0) is 4.79 Å². The van der Waals surface area contributed by atoms with Crippen LogP contribution in [0.5, 0.6) is 0 Å². The minimum Gasteiger partial charge on any atom is -0.359 e. The summed E-state index contributed by atoms with van der Waals surface area (Å²) in [6.45, 7) is 1.38. The first-order valence-corrected chi connectivity index (χ1v) is 7.14. The fraction of sp³-hybridized carbons (Fsp3) is 0.400. The number of aromatic nitrogens is 2. The summed E-state index contributed by atoms with van der Waals surface area (Å²) in [5.41, 5.74) is 0.538. The van der Waals surface area contributed by atoms with Crippen LogP contribution in [0.4, 0.5) is 5.95 Å². The van der Waals surface area contributed by atoms with E-state index in [4.69, 9.17) is 0 Å². The van der Waals surface area contributed by atoms with E-state index >= 15 is 0 Å². The molecule has 1 fully saturated rings. The smallest absolute Gasteiger partial charge is 0.260 e. The molecular formula is C15H18N4O2. The van der Waals surface area contributed by atoms with Crippen LogP contribution >= 0.6 is 0 Å². The topological polar surface area (TPSA) is 78.1 Å². The number of H-pyrrole nitrogens is 1. The molecule has 2 heterocycles. The molecule has 6 nitrogen and oxygen atoms in total. The first kappa shape index (κ1) is 13.6. The van der Waals surface area contributed by atoms with Gasteiger partial charge < -0.3 is 10.2 Å². The van der Waals surface area contributed by atoms with E-state index in [1.54, 1.807) is 13.1 Å². The number of carbonyl (C=O) groups is 1. The molecule has 0 unspecified atom stereocenters. The number of fused-ring (bicyclic) bond motifs is 1. The number of hydrogen-bond donors (Lipinski definition) is 2. The number of hydrogen-bond acceptors (Lipinski definition) is 4. The summed E-state index contributed by atoms with van der Waals surface area (Å²) in [4.78, 5) is 33.2. The molecule has 2 aromatic rings. The molecule has 1 aromatic heterocycles. The van der Waals surface area contributed by atoms with E-state index in [1.165, 1.54) is 0 Å². The number of amides is 1. The molecule has 0 aliphatic carbocycles. The number of aromatic amines is 1. The van der Waals surface area contributed by atoms with Gasteiger partial charge in [-0.1, -0.05) is 12.1 Å². The van der Waals surface area contributed by atoms with Crippen molar-refractivity contribution in [3.8, 4) is 0 Å². The maximum atomic E-state index is 12.1. The quantitative estimate of drug-likeness (QED) is 0.859. The van der Waals surface area contributed by atoms with Gasteiger partial charge in [-0.05, 0) is 25.0 Å². The molecule has 0 saturated carbocycles. The van der Waals surface area contributed by atoms with Crippen molar-refractivity contribution in [1.82, 2.24) is 15.3 Å². The van der Waals surface area contributed by atoms with Gasteiger partial charge in [-0.25, -0.2) is 4.98 Å². The first-order valence-electron chi connectivity index (χ1n) is 7.14. The number of carbonyl (C=O) groups excluding carboxylic acids is 1. The molecule has 2 N–H and O–H groups in total. The number of anilines is 1. The Morgan fingerprint density at radius 1 is 1.43 bits per heavy atom. The van der Waals surface area contributed by atoms with Gasteiger partial charge in [0.1, 0.15) is 0 Å². The molecule has 0 bridgehead atoms. The van der Waals surface area contributed by atoms with E-state index in [2.05, 4.69) is 15.3 Å². The van der Waals surface area contributed by atoms with E-state index in [1.807, 2.05) is 23.1 Å². The standard InChI is InChI=1S/C15H18N4O2/c1-16-13(20)10-5-4-8-19(9-10)15-17-12-7-3-2-6-11(12)14(21)18-15/h2-3,6-7,10H,4-5,8-9H2,1H3,(H,16,20)(H,17,18,21)/t10-/m0/s1. The Kier molecular flexibility index (Phi) is 3.60. The lowest BCUT2D eigenvalue weighted by Crippen LogP contribution is -2.43. The summed E-state index contributed by atoms with van der Waals surface area (Å²) in [5, 5.41) is 3.27. The number of rotatable bonds is 2. The molecule has 110 valence electrons. The zero-order chi connectivity index (χ0) is 14.8. The van der Waals surface area contributed by atoms with Crippen molar-refractivity contribution in [2.45, 2.75) is 12.8 Å². The lowest BCUT2D eigenvalue weighted by molar-refractivity contribution is -0.124. The molecule has 1 atom stereocenters. The van der Waals surface area contributed by atoms with Crippen molar-refractivity contribution in [2.24, 2.45) is 5.92 Å². The third kappa shape index (κ3) is 2.61. The lowest BCUT2D eigenvalue weighted by atomic mass is 9.97. The van der Waals surface area contributed by atoms with Crippen LogP contribution < -0.4 is 15.8 Å². The Morgan fingerprint density at radius 2 is 2.24 bits per heavy atom.